The van der Waals surface area contributed by atoms with Crippen LogP contribution >= 0.6 is 11.3 Å². The molecule has 0 spiro atoms. The molecule has 220 valence electrons. The number of amides is 3. The number of sulfonamides is 1. The lowest BCUT2D eigenvalue weighted by Crippen LogP contribution is -2.40. The molecule has 0 radical (unpaired) electrons. The number of urea groups is 1. The highest BCUT2D eigenvalue weighted by molar-refractivity contribution is 7.89. The molecule has 1 heterocycles. The van der Waals surface area contributed by atoms with Gasteiger partial charge in [-0.1, -0.05) is 18.2 Å². The van der Waals surface area contributed by atoms with Crippen LogP contribution in [0.25, 0.3) is 10.4 Å². The molecule has 41 heavy (non-hydrogen) atoms. The van der Waals surface area contributed by atoms with Crippen molar-refractivity contribution < 1.29 is 27.5 Å². The fraction of sp³-hybridized carbons (Fsp3) is 0.393. The maximum absolute atomic E-state index is 13.5. The predicted octanol–water partition coefficient (Wildman–Crippen LogP) is 5.64. The third-order valence-corrected chi connectivity index (χ3v) is 9.50. The van der Waals surface area contributed by atoms with E-state index in [1.807, 2.05) is 0 Å². The molecule has 13 heteroatoms. The molecule has 0 unspecified atom stereocenters. The summed E-state index contributed by atoms with van der Waals surface area (Å²) in [5.74, 6) is -0.244. The van der Waals surface area contributed by atoms with E-state index in [2.05, 4.69) is 25.7 Å². The summed E-state index contributed by atoms with van der Waals surface area (Å²) < 4.78 is 43.1. The second-order valence-corrected chi connectivity index (χ2v) is 13.8. The Hall–Kier alpha value is -3.55. The number of aromatic nitrogens is 1. The Morgan fingerprint density at radius 2 is 1.83 bits per heavy atom. The van der Waals surface area contributed by atoms with Crippen molar-refractivity contribution in [3.05, 3.63) is 65.0 Å². The van der Waals surface area contributed by atoms with E-state index >= 15 is 0 Å². The summed E-state index contributed by atoms with van der Waals surface area (Å²) in [4.78, 5) is 28.8. The molecule has 4 rings (SSSR count). The molecule has 0 atom stereocenters. The van der Waals surface area contributed by atoms with Crippen LogP contribution in [0.1, 0.15) is 62.9 Å². The number of hydrogen-bond acceptors (Lipinski definition) is 6. The van der Waals surface area contributed by atoms with Crippen LogP contribution in [0.3, 0.4) is 0 Å². The molecule has 0 bridgehead atoms. The number of nitrogens with zero attached hydrogens (tertiary/aromatic N) is 1. The molecule has 1 aromatic heterocycles. The number of carboxylic acid groups (broad SMARTS) is 1. The number of carbonyl (C=O) groups excluding carboxylic acids is 1. The van der Waals surface area contributed by atoms with Crippen LogP contribution in [0.15, 0.2) is 53.6 Å². The summed E-state index contributed by atoms with van der Waals surface area (Å²) in [6.45, 7) is 5.32. The van der Waals surface area contributed by atoms with Gasteiger partial charge in [0.1, 0.15) is 5.82 Å². The number of halogens is 1. The first kappa shape index (κ1) is 30.4. The van der Waals surface area contributed by atoms with E-state index in [4.69, 9.17) is 5.11 Å². The van der Waals surface area contributed by atoms with Crippen LogP contribution in [0.4, 0.5) is 19.7 Å². The monoisotopic (exact) mass is 603 g/mol. The molecule has 1 aliphatic carbocycles. The van der Waals surface area contributed by atoms with Gasteiger partial charge in [-0.05, 0) is 76.3 Å². The van der Waals surface area contributed by atoms with E-state index in [0.29, 0.717) is 28.8 Å². The van der Waals surface area contributed by atoms with Gasteiger partial charge in [0.2, 0.25) is 10.0 Å². The molecule has 5 N–H and O–H groups in total. The van der Waals surface area contributed by atoms with Gasteiger partial charge in [-0.3, -0.25) is 0 Å². The first-order valence-corrected chi connectivity index (χ1v) is 15.5. The van der Waals surface area contributed by atoms with Crippen LogP contribution in [0, 0.1) is 5.82 Å². The molecule has 2 aromatic carbocycles. The average Bonchev–Trinajstić information content (AvgIpc) is 3.36. The van der Waals surface area contributed by atoms with Gasteiger partial charge >= 0.3 is 12.1 Å². The maximum Gasteiger partial charge on any atom is 0.404 e. The van der Waals surface area contributed by atoms with Gasteiger partial charge in [0.25, 0.3) is 0 Å². The Morgan fingerprint density at radius 3 is 2.49 bits per heavy atom. The second-order valence-electron chi connectivity index (χ2n) is 11.1. The molecule has 0 saturated heterocycles. The largest absolute Gasteiger partial charge is 0.465 e. The highest BCUT2D eigenvalue weighted by Gasteiger charge is 2.29. The highest BCUT2D eigenvalue weighted by Crippen LogP contribution is 2.40. The quantitative estimate of drug-likeness (QED) is 0.225. The van der Waals surface area contributed by atoms with Crippen LogP contribution in [0.5, 0.6) is 0 Å². The third-order valence-electron chi connectivity index (χ3n) is 6.50. The molecule has 1 saturated carbocycles. The summed E-state index contributed by atoms with van der Waals surface area (Å²) in [7, 11) is -4.00. The summed E-state index contributed by atoms with van der Waals surface area (Å²) in [5, 5.41) is 17.7. The smallest absolute Gasteiger partial charge is 0.404 e. The molecular weight excluding hydrogens is 569 g/mol. The van der Waals surface area contributed by atoms with Gasteiger partial charge in [-0.2, -0.15) is 0 Å². The van der Waals surface area contributed by atoms with Crippen LogP contribution in [-0.4, -0.2) is 42.2 Å². The SMILES string of the molecule is CC(C)(C)NS(=O)(=O)c1cc(NC(=O)NCc2cccc(F)c2)ccc1-c1cnc(C2CCC(NC(=O)O)CC2)s1. The third kappa shape index (κ3) is 8.47. The van der Waals surface area contributed by atoms with Crippen LogP contribution in [-0.2, 0) is 16.6 Å². The minimum atomic E-state index is -4.00. The summed E-state index contributed by atoms with van der Waals surface area (Å²) in [5.41, 5.74) is 0.565. The van der Waals surface area contributed by atoms with Crippen molar-refractivity contribution in [3.63, 3.8) is 0 Å². The fourth-order valence-electron chi connectivity index (χ4n) is 4.75. The zero-order valence-electron chi connectivity index (χ0n) is 23.0. The van der Waals surface area contributed by atoms with Crippen molar-refractivity contribution >= 4 is 39.2 Å². The zero-order valence-corrected chi connectivity index (χ0v) is 24.7. The average molecular weight is 604 g/mol. The lowest BCUT2D eigenvalue weighted by atomic mass is 9.86. The Bertz CT molecular complexity index is 1510. The Balaban J connectivity index is 1.55. The van der Waals surface area contributed by atoms with Crippen molar-refractivity contribution in [2.24, 2.45) is 0 Å². The molecule has 10 nitrogen and oxygen atoms in total. The van der Waals surface area contributed by atoms with Gasteiger partial charge in [-0.15, -0.1) is 11.3 Å². The topological polar surface area (TPSA) is 150 Å². The minimum absolute atomic E-state index is 0.0000724. The molecule has 1 fully saturated rings. The van der Waals surface area contributed by atoms with E-state index in [9.17, 15) is 22.4 Å². The van der Waals surface area contributed by atoms with E-state index in [0.717, 1.165) is 17.8 Å². The molecular formula is C28H34FN5O5S2. The van der Waals surface area contributed by atoms with Gasteiger partial charge in [0.15, 0.2) is 0 Å². The van der Waals surface area contributed by atoms with Crippen molar-refractivity contribution in [2.45, 2.75) is 75.4 Å². The number of thiazole rings is 1. The first-order valence-electron chi connectivity index (χ1n) is 13.2. The standard InChI is InChI=1S/C28H34FN5O5S2/c1-28(2,3)34-41(38,39)24-14-21(32-26(35)31-15-17-5-4-6-19(29)13-17)11-12-22(24)23-16-30-25(40-23)18-7-9-20(10-8-18)33-27(36)37/h4-6,11-14,16,18,20,33-34H,7-10,15H2,1-3H3,(H,36,37)(H2,31,32,35). The number of carbonyl (C=O) groups is 2. The van der Waals surface area contributed by atoms with Crippen molar-refractivity contribution in [2.75, 3.05) is 5.32 Å². The van der Waals surface area contributed by atoms with Crippen molar-refractivity contribution in [1.82, 2.24) is 20.3 Å². The first-order chi connectivity index (χ1) is 19.3. The second kappa shape index (κ2) is 12.5. The van der Waals surface area contributed by atoms with Gasteiger partial charge < -0.3 is 21.1 Å². The van der Waals surface area contributed by atoms with Gasteiger partial charge in [-0.25, -0.2) is 32.1 Å². The Labute approximate surface area is 242 Å². The van der Waals surface area contributed by atoms with E-state index in [1.54, 1.807) is 51.2 Å². The number of anilines is 1. The molecule has 0 aliphatic heterocycles. The van der Waals surface area contributed by atoms with Gasteiger partial charge in [0, 0.05) is 41.5 Å². The fourth-order valence-corrected chi connectivity index (χ4v) is 7.61. The van der Waals surface area contributed by atoms with Crippen molar-refractivity contribution in [3.8, 4) is 10.4 Å². The highest BCUT2D eigenvalue weighted by atomic mass is 32.2. The maximum atomic E-state index is 13.5. The lowest BCUT2D eigenvalue weighted by Gasteiger charge is -2.27. The zero-order chi connectivity index (χ0) is 29.8. The summed E-state index contributed by atoms with van der Waals surface area (Å²) >= 11 is 1.41. The normalized spacial score (nSPS) is 17.6. The summed E-state index contributed by atoms with van der Waals surface area (Å²) in [6.07, 6.45) is 3.62. The van der Waals surface area contributed by atoms with E-state index < -0.39 is 33.5 Å². The van der Waals surface area contributed by atoms with Crippen molar-refractivity contribution in [1.29, 1.82) is 0 Å². The molecule has 3 amide bonds. The van der Waals surface area contributed by atoms with E-state index in [-0.39, 0.29) is 29.1 Å². The van der Waals surface area contributed by atoms with E-state index in [1.165, 1.54) is 29.5 Å². The Morgan fingerprint density at radius 1 is 1.10 bits per heavy atom. The summed E-state index contributed by atoms with van der Waals surface area (Å²) in [6, 6.07) is 9.90. The Kier molecular flexibility index (Phi) is 9.30. The van der Waals surface area contributed by atoms with Gasteiger partial charge in [0.05, 0.1) is 14.8 Å². The minimum Gasteiger partial charge on any atom is -0.465 e. The number of rotatable bonds is 8. The molecule has 3 aromatic rings. The van der Waals surface area contributed by atoms with Crippen LogP contribution in [0.2, 0.25) is 0 Å². The number of hydrogen-bond donors (Lipinski definition) is 5. The number of nitrogens with one attached hydrogen (secondary N) is 4. The van der Waals surface area contributed by atoms with Crippen LogP contribution < -0.4 is 20.7 Å². The number of benzene rings is 2. The lowest BCUT2D eigenvalue weighted by molar-refractivity contribution is 0.185. The predicted molar refractivity (Wildman–Crippen MR) is 156 cm³/mol. The molecule has 1 aliphatic rings.